The minimum absolute atomic E-state index is 0.198. The van der Waals surface area contributed by atoms with Gasteiger partial charge in [-0.2, -0.15) is 4.98 Å². The Kier molecular flexibility index (Phi) is 8.67. The summed E-state index contributed by atoms with van der Waals surface area (Å²) in [7, 11) is 6.01. The summed E-state index contributed by atoms with van der Waals surface area (Å²) in [6.45, 7) is 4.67. The number of nitrogens with two attached hydrogens (primary N) is 1. The molecule has 0 saturated carbocycles. The minimum Gasteiger partial charge on any atom is -0.383 e. The van der Waals surface area contributed by atoms with E-state index in [9.17, 15) is 4.79 Å². The molecule has 1 saturated heterocycles. The fraction of sp³-hybridized carbons (Fsp3) is 0.286. The van der Waals surface area contributed by atoms with Gasteiger partial charge in [-0.25, -0.2) is 4.98 Å². The number of nitrogen functional groups attached to an aromatic ring is 1. The Labute approximate surface area is 223 Å². The minimum atomic E-state index is -0.221. The van der Waals surface area contributed by atoms with Crippen molar-refractivity contribution in [1.29, 1.82) is 5.41 Å². The maximum absolute atomic E-state index is 12.3. The second-order valence-corrected chi connectivity index (χ2v) is 9.54. The molecule has 1 aromatic heterocycles. The van der Waals surface area contributed by atoms with Crippen molar-refractivity contribution in [3.63, 3.8) is 0 Å². The SMILES string of the molecule is CN(C)C/C=C/C(=O)Nc1cccc(-c2nc(Nc3cccc(N4CCN(C)CC4)c3)nc(N)c2C=N)c1. The lowest BCUT2D eigenvalue weighted by molar-refractivity contribution is -0.111. The van der Waals surface area contributed by atoms with Crippen molar-refractivity contribution < 1.29 is 4.79 Å². The summed E-state index contributed by atoms with van der Waals surface area (Å²) >= 11 is 0. The van der Waals surface area contributed by atoms with Gasteiger partial charge in [-0.15, -0.1) is 0 Å². The number of aromatic nitrogens is 2. The van der Waals surface area contributed by atoms with Crippen LogP contribution in [-0.2, 0) is 4.79 Å². The third-order valence-corrected chi connectivity index (χ3v) is 6.23. The van der Waals surface area contributed by atoms with E-state index in [1.54, 1.807) is 12.1 Å². The number of benzene rings is 2. The molecule has 2 heterocycles. The van der Waals surface area contributed by atoms with Gasteiger partial charge < -0.3 is 36.5 Å². The van der Waals surface area contributed by atoms with Crippen LogP contribution in [0.3, 0.4) is 0 Å². The van der Waals surface area contributed by atoms with Crippen molar-refractivity contribution in [3.8, 4) is 11.3 Å². The Morgan fingerprint density at radius 1 is 1.08 bits per heavy atom. The third-order valence-electron chi connectivity index (χ3n) is 6.23. The molecule has 2 aromatic carbocycles. The van der Waals surface area contributed by atoms with E-state index in [2.05, 4.69) is 44.6 Å². The fourth-order valence-corrected chi connectivity index (χ4v) is 4.18. The molecule has 0 unspecified atom stereocenters. The van der Waals surface area contributed by atoms with Crippen molar-refractivity contribution >= 4 is 41.0 Å². The van der Waals surface area contributed by atoms with Gasteiger partial charge in [0.05, 0.1) is 11.3 Å². The summed E-state index contributed by atoms with van der Waals surface area (Å²) in [6.07, 6.45) is 4.46. The molecule has 1 fully saturated rings. The number of hydrogen-bond donors (Lipinski definition) is 4. The maximum atomic E-state index is 12.3. The van der Waals surface area contributed by atoms with E-state index in [4.69, 9.17) is 16.1 Å². The van der Waals surface area contributed by atoms with E-state index in [-0.39, 0.29) is 11.7 Å². The van der Waals surface area contributed by atoms with Crippen molar-refractivity contribution in [3.05, 3.63) is 66.2 Å². The van der Waals surface area contributed by atoms with Gasteiger partial charge in [0.25, 0.3) is 0 Å². The number of nitrogens with one attached hydrogen (secondary N) is 3. The largest absolute Gasteiger partial charge is 0.383 e. The molecule has 0 aliphatic carbocycles. The predicted octanol–water partition coefficient (Wildman–Crippen LogP) is 3.28. The zero-order valence-electron chi connectivity index (χ0n) is 22.1. The van der Waals surface area contributed by atoms with Gasteiger partial charge in [-0.05, 0) is 51.5 Å². The monoisotopic (exact) mass is 513 g/mol. The zero-order chi connectivity index (χ0) is 27.1. The van der Waals surface area contributed by atoms with Gasteiger partial charge in [-0.3, -0.25) is 4.79 Å². The van der Waals surface area contributed by atoms with Gasteiger partial charge in [0.15, 0.2) is 0 Å². The number of carbonyl (C=O) groups is 1. The third kappa shape index (κ3) is 6.93. The van der Waals surface area contributed by atoms with Gasteiger partial charge in [0.1, 0.15) is 5.82 Å². The fourth-order valence-electron chi connectivity index (χ4n) is 4.18. The van der Waals surface area contributed by atoms with Crippen molar-refractivity contribution in [2.24, 2.45) is 0 Å². The Hall–Kier alpha value is -4.28. The number of nitrogens with zero attached hydrogens (tertiary/aromatic N) is 5. The molecule has 198 valence electrons. The second kappa shape index (κ2) is 12.3. The van der Waals surface area contributed by atoms with Crippen LogP contribution in [0.25, 0.3) is 11.3 Å². The van der Waals surface area contributed by atoms with Crippen LogP contribution >= 0.6 is 0 Å². The average molecular weight is 514 g/mol. The molecular formula is C28H35N9O. The molecular weight excluding hydrogens is 478 g/mol. The van der Waals surface area contributed by atoms with Gasteiger partial charge in [-0.1, -0.05) is 24.3 Å². The first-order valence-corrected chi connectivity index (χ1v) is 12.5. The van der Waals surface area contributed by atoms with Gasteiger partial charge in [0, 0.05) is 67.6 Å². The lowest BCUT2D eigenvalue weighted by Crippen LogP contribution is -2.44. The number of rotatable bonds is 9. The number of likely N-dealkylation sites (N-methyl/N-ethyl adjacent to an activating group) is 2. The number of amides is 1. The summed E-state index contributed by atoms with van der Waals surface area (Å²) in [6, 6.07) is 15.5. The predicted molar refractivity (Wildman–Crippen MR) is 156 cm³/mol. The lowest BCUT2D eigenvalue weighted by atomic mass is 10.1. The van der Waals surface area contributed by atoms with E-state index in [1.807, 2.05) is 49.3 Å². The molecule has 0 bridgehead atoms. The highest BCUT2D eigenvalue weighted by Gasteiger charge is 2.16. The van der Waals surface area contributed by atoms with Crippen LogP contribution in [0.2, 0.25) is 0 Å². The molecule has 1 aliphatic rings. The first-order valence-electron chi connectivity index (χ1n) is 12.5. The molecule has 1 amide bonds. The first kappa shape index (κ1) is 26.8. The van der Waals surface area contributed by atoms with Gasteiger partial charge >= 0.3 is 0 Å². The molecule has 5 N–H and O–H groups in total. The van der Waals surface area contributed by atoms with Crippen LogP contribution < -0.4 is 21.3 Å². The Morgan fingerprint density at radius 3 is 2.55 bits per heavy atom. The molecule has 0 radical (unpaired) electrons. The highest BCUT2D eigenvalue weighted by atomic mass is 16.1. The van der Waals surface area contributed by atoms with Crippen LogP contribution in [0.4, 0.5) is 28.8 Å². The van der Waals surface area contributed by atoms with Crippen LogP contribution in [0.1, 0.15) is 5.56 Å². The molecule has 0 spiro atoms. The quantitative estimate of drug-likeness (QED) is 0.254. The Balaban J connectivity index is 1.57. The number of piperazine rings is 1. The Bertz CT molecular complexity index is 1310. The lowest BCUT2D eigenvalue weighted by Gasteiger charge is -2.34. The molecule has 10 nitrogen and oxygen atoms in total. The van der Waals surface area contributed by atoms with Crippen LogP contribution in [0.15, 0.2) is 60.7 Å². The molecule has 4 rings (SSSR count). The standard InChI is InChI=1S/C28H35N9O/c1-35(2)12-6-11-25(38)31-21-8-4-7-20(17-21)26-24(19-29)27(30)34-28(33-26)32-22-9-5-10-23(18-22)37-15-13-36(3)14-16-37/h4-11,17-19,29H,12-16H2,1-3H3,(H,31,38)(H3,30,32,33,34)/b11-6+,29-19?. The highest BCUT2D eigenvalue weighted by molar-refractivity contribution is 6.00. The van der Waals surface area contributed by atoms with Crippen LogP contribution in [-0.4, -0.2) is 85.8 Å². The average Bonchev–Trinajstić information content (AvgIpc) is 2.89. The molecule has 0 atom stereocenters. The zero-order valence-corrected chi connectivity index (χ0v) is 22.1. The Morgan fingerprint density at radius 2 is 1.82 bits per heavy atom. The first-order chi connectivity index (χ1) is 18.3. The van der Waals surface area contributed by atoms with Crippen LogP contribution in [0.5, 0.6) is 0 Å². The molecule has 38 heavy (non-hydrogen) atoms. The number of anilines is 5. The van der Waals surface area contributed by atoms with Crippen molar-refractivity contribution in [2.75, 3.05) is 75.1 Å². The summed E-state index contributed by atoms with van der Waals surface area (Å²) < 4.78 is 0. The maximum Gasteiger partial charge on any atom is 0.248 e. The normalized spacial score (nSPS) is 14.2. The topological polar surface area (TPSA) is 126 Å². The smallest absolute Gasteiger partial charge is 0.248 e. The molecule has 3 aromatic rings. The number of hydrogen-bond acceptors (Lipinski definition) is 9. The van der Waals surface area contributed by atoms with Crippen molar-refractivity contribution in [2.45, 2.75) is 0 Å². The van der Waals surface area contributed by atoms with E-state index >= 15 is 0 Å². The summed E-state index contributed by atoms with van der Waals surface area (Å²) in [5, 5.41) is 14.1. The highest BCUT2D eigenvalue weighted by Crippen LogP contribution is 2.29. The van der Waals surface area contributed by atoms with Crippen LogP contribution in [0, 0.1) is 5.41 Å². The second-order valence-electron chi connectivity index (χ2n) is 9.54. The van der Waals surface area contributed by atoms with Crippen molar-refractivity contribution in [1.82, 2.24) is 19.8 Å². The van der Waals surface area contributed by atoms with E-state index in [1.165, 1.54) is 6.08 Å². The van der Waals surface area contributed by atoms with Gasteiger partial charge in [0.2, 0.25) is 11.9 Å². The molecule has 1 aliphatic heterocycles. The summed E-state index contributed by atoms with van der Waals surface area (Å²) in [5.41, 5.74) is 10.5. The molecule has 10 heteroatoms. The summed E-state index contributed by atoms with van der Waals surface area (Å²) in [4.78, 5) is 28.1. The van der Waals surface area contributed by atoms with E-state index < -0.39 is 0 Å². The number of carbonyl (C=O) groups excluding carboxylic acids is 1. The summed E-state index contributed by atoms with van der Waals surface area (Å²) in [5.74, 6) is 0.310. The van der Waals surface area contributed by atoms with E-state index in [0.717, 1.165) is 43.8 Å². The van der Waals surface area contributed by atoms with E-state index in [0.29, 0.717) is 35.0 Å².